The highest BCUT2D eigenvalue weighted by Gasteiger charge is 2.45. The molecule has 1 unspecified atom stereocenters. The molecule has 5 aromatic rings. The molecule has 1 aliphatic rings. The Morgan fingerprint density at radius 1 is 0.974 bits per heavy atom. The van der Waals surface area contributed by atoms with Gasteiger partial charge in [0, 0.05) is 10.4 Å². The number of Topliss-reactive ketones (excluding diaryl/α,β-unsaturated/α-hetero) is 1. The molecular weight excluding hydrogens is 518 g/mol. The minimum absolute atomic E-state index is 0.0112. The van der Waals surface area contributed by atoms with E-state index in [1.807, 2.05) is 30.3 Å². The number of hydrogen-bond donors (Lipinski definition) is 1. The summed E-state index contributed by atoms with van der Waals surface area (Å²) in [6.45, 7) is 0.389. The molecule has 0 radical (unpaired) electrons. The van der Waals surface area contributed by atoms with Crippen LogP contribution in [0.3, 0.4) is 0 Å². The molecule has 2 aromatic heterocycles. The number of carbonyl (C=O) groups excluding carboxylic acids is 2. The van der Waals surface area contributed by atoms with Gasteiger partial charge in [-0.05, 0) is 59.7 Å². The van der Waals surface area contributed by atoms with Crippen molar-refractivity contribution >= 4 is 34.3 Å². The average molecular weight is 540 g/mol. The second kappa shape index (κ2) is 10.2. The van der Waals surface area contributed by atoms with Crippen molar-refractivity contribution in [2.75, 3.05) is 0 Å². The molecule has 194 valence electrons. The van der Waals surface area contributed by atoms with Crippen LogP contribution in [0.4, 0.5) is 0 Å². The van der Waals surface area contributed by atoms with Gasteiger partial charge >= 0.3 is 0 Å². The van der Waals surface area contributed by atoms with Gasteiger partial charge in [0.1, 0.15) is 23.7 Å². The first-order chi connectivity index (χ1) is 19.0. The summed E-state index contributed by atoms with van der Waals surface area (Å²) in [6.07, 6.45) is 1.50. The maximum absolute atomic E-state index is 13.8. The van der Waals surface area contributed by atoms with E-state index in [1.165, 1.54) is 11.2 Å². The molecule has 39 heavy (non-hydrogen) atoms. The number of rotatable bonds is 8. The zero-order chi connectivity index (χ0) is 26.9. The van der Waals surface area contributed by atoms with E-state index >= 15 is 0 Å². The SMILES string of the molecule is O=C(C1=C(O)C(=O)N(Cc2ccco2)C1c1cccc(OCc2ccccc2)c1)c1cc2cc(Cl)ccc2o1. The fourth-order valence-corrected chi connectivity index (χ4v) is 4.92. The van der Waals surface area contributed by atoms with Gasteiger partial charge in [-0.25, -0.2) is 0 Å². The molecule has 1 aliphatic heterocycles. The Kier molecular flexibility index (Phi) is 6.42. The van der Waals surface area contributed by atoms with Gasteiger partial charge in [0.05, 0.1) is 24.4 Å². The summed E-state index contributed by atoms with van der Waals surface area (Å²) in [5.74, 6) is -0.873. The summed E-state index contributed by atoms with van der Waals surface area (Å²) >= 11 is 6.10. The van der Waals surface area contributed by atoms with Crippen molar-refractivity contribution in [2.45, 2.75) is 19.2 Å². The van der Waals surface area contributed by atoms with E-state index in [9.17, 15) is 14.7 Å². The molecule has 0 fully saturated rings. The molecule has 0 saturated heterocycles. The second-order valence-electron chi connectivity index (χ2n) is 9.15. The van der Waals surface area contributed by atoms with E-state index in [-0.39, 0.29) is 17.9 Å². The normalized spacial score (nSPS) is 15.4. The van der Waals surface area contributed by atoms with Crippen LogP contribution in [0.2, 0.25) is 5.02 Å². The number of aliphatic hydroxyl groups excluding tert-OH is 1. The van der Waals surface area contributed by atoms with E-state index in [4.69, 9.17) is 25.2 Å². The third-order valence-electron chi connectivity index (χ3n) is 6.58. The molecule has 1 amide bonds. The summed E-state index contributed by atoms with van der Waals surface area (Å²) in [4.78, 5) is 28.5. The Hall–Kier alpha value is -4.75. The third kappa shape index (κ3) is 4.80. The van der Waals surface area contributed by atoms with E-state index < -0.39 is 23.5 Å². The van der Waals surface area contributed by atoms with Crippen LogP contribution in [0.1, 0.15) is 33.5 Å². The van der Waals surface area contributed by atoms with E-state index in [0.717, 1.165) is 5.56 Å². The maximum atomic E-state index is 13.8. The number of ether oxygens (including phenoxy) is 1. The van der Waals surface area contributed by atoms with Crippen LogP contribution in [-0.4, -0.2) is 21.7 Å². The maximum Gasteiger partial charge on any atom is 0.290 e. The number of amides is 1. The number of aliphatic hydroxyl groups is 1. The van der Waals surface area contributed by atoms with Gasteiger partial charge in [-0.15, -0.1) is 0 Å². The number of ketones is 1. The van der Waals surface area contributed by atoms with Crippen molar-refractivity contribution in [3.05, 3.63) is 136 Å². The number of benzene rings is 3. The van der Waals surface area contributed by atoms with Gasteiger partial charge in [-0.3, -0.25) is 9.59 Å². The Morgan fingerprint density at radius 2 is 1.82 bits per heavy atom. The molecule has 0 spiro atoms. The third-order valence-corrected chi connectivity index (χ3v) is 6.81. The van der Waals surface area contributed by atoms with E-state index in [2.05, 4.69) is 0 Å². The quantitative estimate of drug-likeness (QED) is 0.213. The molecule has 3 heterocycles. The predicted molar refractivity (Wildman–Crippen MR) is 144 cm³/mol. The number of halogens is 1. The standard InChI is InChI=1S/C31H22ClNO6/c32-22-11-12-25-21(14-22)16-26(39-25)29(34)27-28(33(31(36)30(27)35)17-24-10-5-13-37-24)20-8-4-9-23(15-20)38-18-19-6-2-1-3-7-19/h1-16,28,35H,17-18H2. The van der Waals surface area contributed by atoms with Crippen LogP contribution in [0, 0.1) is 0 Å². The van der Waals surface area contributed by atoms with Crippen molar-refractivity contribution in [3.63, 3.8) is 0 Å². The molecule has 0 saturated carbocycles. The highest BCUT2D eigenvalue weighted by Crippen LogP contribution is 2.41. The van der Waals surface area contributed by atoms with Crippen LogP contribution in [-0.2, 0) is 17.9 Å². The van der Waals surface area contributed by atoms with Crippen LogP contribution < -0.4 is 4.74 Å². The minimum atomic E-state index is -0.910. The highest BCUT2D eigenvalue weighted by atomic mass is 35.5. The molecule has 0 bridgehead atoms. The fraction of sp³-hybridized carbons (Fsp3) is 0.0968. The number of carbonyl (C=O) groups is 2. The summed E-state index contributed by atoms with van der Waals surface area (Å²) in [7, 11) is 0. The van der Waals surface area contributed by atoms with Gasteiger partial charge in [-0.2, -0.15) is 0 Å². The molecule has 0 aliphatic carbocycles. The van der Waals surface area contributed by atoms with Gasteiger partial charge in [0.25, 0.3) is 5.91 Å². The van der Waals surface area contributed by atoms with Crippen LogP contribution in [0.15, 0.2) is 117 Å². The molecule has 1 N–H and O–H groups in total. The fourth-order valence-electron chi connectivity index (χ4n) is 4.74. The summed E-state index contributed by atoms with van der Waals surface area (Å²) in [6, 6.07) is 25.9. The summed E-state index contributed by atoms with van der Waals surface area (Å²) < 4.78 is 17.3. The Morgan fingerprint density at radius 3 is 2.62 bits per heavy atom. The zero-order valence-electron chi connectivity index (χ0n) is 20.5. The van der Waals surface area contributed by atoms with Gasteiger partial charge in [0.2, 0.25) is 5.78 Å². The first kappa shape index (κ1) is 24.6. The Balaban J connectivity index is 1.38. The van der Waals surface area contributed by atoms with E-state index in [0.29, 0.717) is 39.7 Å². The lowest BCUT2D eigenvalue weighted by Gasteiger charge is -2.26. The average Bonchev–Trinajstić information content (AvgIpc) is 3.68. The number of hydrogen-bond acceptors (Lipinski definition) is 6. The molecule has 6 rings (SSSR count). The number of nitrogens with zero attached hydrogens (tertiary/aromatic N) is 1. The smallest absolute Gasteiger partial charge is 0.290 e. The van der Waals surface area contributed by atoms with Gasteiger partial charge < -0.3 is 23.6 Å². The Bertz CT molecular complexity index is 1700. The summed E-state index contributed by atoms with van der Waals surface area (Å²) in [5, 5.41) is 12.1. The molecule has 1 atom stereocenters. The van der Waals surface area contributed by atoms with Crippen molar-refractivity contribution in [1.82, 2.24) is 4.90 Å². The largest absolute Gasteiger partial charge is 0.503 e. The van der Waals surface area contributed by atoms with Crippen LogP contribution >= 0.6 is 11.6 Å². The molecule has 3 aromatic carbocycles. The van der Waals surface area contributed by atoms with E-state index in [1.54, 1.807) is 60.7 Å². The van der Waals surface area contributed by atoms with Crippen molar-refractivity contribution < 1.29 is 28.3 Å². The lowest BCUT2D eigenvalue weighted by Crippen LogP contribution is -2.30. The number of furan rings is 2. The predicted octanol–water partition coefficient (Wildman–Crippen LogP) is 7.04. The minimum Gasteiger partial charge on any atom is -0.503 e. The van der Waals surface area contributed by atoms with Crippen LogP contribution in [0.25, 0.3) is 11.0 Å². The van der Waals surface area contributed by atoms with Crippen LogP contribution in [0.5, 0.6) is 5.75 Å². The highest BCUT2D eigenvalue weighted by molar-refractivity contribution is 6.31. The topological polar surface area (TPSA) is 93.1 Å². The molecular formula is C31H22ClNO6. The first-order valence-corrected chi connectivity index (χ1v) is 12.6. The number of fused-ring (bicyclic) bond motifs is 1. The zero-order valence-corrected chi connectivity index (χ0v) is 21.3. The molecule has 8 heteroatoms. The second-order valence-corrected chi connectivity index (χ2v) is 9.58. The Labute approximate surface area is 228 Å². The monoisotopic (exact) mass is 539 g/mol. The van der Waals surface area contributed by atoms with Gasteiger partial charge in [0.15, 0.2) is 11.5 Å². The lowest BCUT2D eigenvalue weighted by atomic mass is 9.94. The van der Waals surface area contributed by atoms with Crippen molar-refractivity contribution in [3.8, 4) is 5.75 Å². The summed E-state index contributed by atoms with van der Waals surface area (Å²) in [5.41, 5.74) is 1.97. The van der Waals surface area contributed by atoms with Gasteiger partial charge in [-0.1, -0.05) is 54.1 Å². The lowest BCUT2D eigenvalue weighted by molar-refractivity contribution is -0.130. The molecule has 7 nitrogen and oxygen atoms in total. The first-order valence-electron chi connectivity index (χ1n) is 12.2. The van der Waals surface area contributed by atoms with Crippen molar-refractivity contribution in [1.29, 1.82) is 0 Å². The van der Waals surface area contributed by atoms with Crippen molar-refractivity contribution in [2.24, 2.45) is 0 Å².